The van der Waals surface area contributed by atoms with Crippen LogP contribution in [0.15, 0.2) is 42.5 Å². The zero-order valence-corrected chi connectivity index (χ0v) is 20.2. The smallest absolute Gasteiger partial charge is 0.273 e. The van der Waals surface area contributed by atoms with E-state index in [1.807, 2.05) is 12.1 Å². The Morgan fingerprint density at radius 3 is 2.07 bits per heavy atom. The summed E-state index contributed by atoms with van der Waals surface area (Å²) in [4.78, 5) is 0. The van der Waals surface area contributed by atoms with Crippen molar-refractivity contribution >= 4 is 29.6 Å². The summed E-state index contributed by atoms with van der Waals surface area (Å²) in [6, 6.07) is 15.5. The van der Waals surface area contributed by atoms with E-state index >= 15 is 0 Å². The van der Waals surface area contributed by atoms with Crippen molar-refractivity contribution < 1.29 is 5.11 Å². The quantitative estimate of drug-likeness (QED) is 0.173. The van der Waals surface area contributed by atoms with E-state index in [2.05, 4.69) is 31.2 Å². The van der Waals surface area contributed by atoms with Gasteiger partial charge in [-0.25, -0.2) is 0 Å². The number of benzene rings is 2. The summed E-state index contributed by atoms with van der Waals surface area (Å²) in [6.07, 6.45) is 13.9. The van der Waals surface area contributed by atoms with Gasteiger partial charge in [0.15, 0.2) is 0 Å². The van der Waals surface area contributed by atoms with E-state index in [4.69, 9.17) is 22.2 Å². The van der Waals surface area contributed by atoms with Gasteiger partial charge in [0.1, 0.15) is 5.75 Å². The Bertz CT molecular complexity index is 700. The van der Waals surface area contributed by atoms with Crippen LogP contribution in [0.5, 0.6) is 5.75 Å². The SMILES string of the molecule is CCCCCCCCCCc1ccc(-c2ccc(O)cc2CCC[Si](Cl)Cl)cc1. The lowest BCUT2D eigenvalue weighted by Crippen LogP contribution is -1.96. The predicted molar refractivity (Wildman–Crippen MR) is 130 cm³/mol. The molecule has 1 N–H and O–H groups in total. The molecule has 0 amide bonds. The second-order valence-electron chi connectivity index (χ2n) is 7.96. The van der Waals surface area contributed by atoms with Gasteiger partial charge in [-0.2, -0.15) is 0 Å². The van der Waals surface area contributed by atoms with Crippen molar-refractivity contribution in [2.75, 3.05) is 0 Å². The van der Waals surface area contributed by atoms with E-state index in [0.717, 1.165) is 30.9 Å². The molecule has 0 aliphatic heterocycles. The molecule has 0 aromatic heterocycles. The van der Waals surface area contributed by atoms with Crippen LogP contribution >= 0.6 is 22.2 Å². The van der Waals surface area contributed by atoms with Crippen LogP contribution in [0.25, 0.3) is 11.1 Å². The highest BCUT2D eigenvalue weighted by Crippen LogP contribution is 2.29. The van der Waals surface area contributed by atoms with Crippen LogP contribution in [-0.2, 0) is 12.8 Å². The number of aromatic hydroxyl groups is 1. The molecule has 0 unspecified atom stereocenters. The Hall–Kier alpha value is -0.963. The number of hydrogen-bond donors (Lipinski definition) is 1. The number of rotatable bonds is 14. The van der Waals surface area contributed by atoms with Crippen molar-refractivity contribution in [3.63, 3.8) is 0 Å². The lowest BCUT2D eigenvalue weighted by atomic mass is 9.95. The van der Waals surface area contributed by atoms with E-state index in [9.17, 15) is 5.11 Å². The topological polar surface area (TPSA) is 20.2 Å². The molecule has 0 heterocycles. The lowest BCUT2D eigenvalue weighted by Gasteiger charge is -2.11. The monoisotopic (exact) mass is 449 g/mol. The van der Waals surface area contributed by atoms with E-state index < -0.39 is 7.42 Å². The molecule has 2 aromatic rings. The maximum atomic E-state index is 9.89. The van der Waals surface area contributed by atoms with Gasteiger partial charge in [0.05, 0.1) is 0 Å². The van der Waals surface area contributed by atoms with Crippen LogP contribution in [0.3, 0.4) is 0 Å². The first-order valence-electron chi connectivity index (χ1n) is 11.2. The van der Waals surface area contributed by atoms with Gasteiger partial charge in [-0.1, -0.05) is 82.2 Å². The fourth-order valence-electron chi connectivity index (χ4n) is 3.80. The third-order valence-corrected chi connectivity index (χ3v) is 7.35. The second-order valence-corrected chi connectivity index (χ2v) is 12.5. The van der Waals surface area contributed by atoms with Crippen molar-refractivity contribution in [2.24, 2.45) is 0 Å². The highest BCUT2D eigenvalue weighted by atomic mass is 35.7. The fraction of sp³-hybridized carbons (Fsp3) is 0.520. The van der Waals surface area contributed by atoms with Gasteiger partial charge in [0.2, 0.25) is 0 Å². The molecule has 0 spiro atoms. The van der Waals surface area contributed by atoms with Crippen LogP contribution in [0.4, 0.5) is 0 Å². The summed E-state index contributed by atoms with van der Waals surface area (Å²) in [5, 5.41) is 9.89. The number of aryl methyl sites for hydroxylation is 2. The van der Waals surface area contributed by atoms with Crippen molar-refractivity contribution in [3.05, 3.63) is 53.6 Å². The molecule has 1 radical (unpaired) electrons. The first-order valence-corrected chi connectivity index (χ1v) is 14.9. The minimum Gasteiger partial charge on any atom is -0.508 e. The number of halogens is 2. The molecule has 4 heteroatoms. The summed E-state index contributed by atoms with van der Waals surface area (Å²) in [6.45, 7) is 2.27. The third-order valence-electron chi connectivity index (χ3n) is 5.48. The molecule has 0 fully saturated rings. The van der Waals surface area contributed by atoms with Crippen LogP contribution < -0.4 is 0 Å². The highest BCUT2D eigenvalue weighted by Gasteiger charge is 2.09. The maximum Gasteiger partial charge on any atom is 0.273 e. The predicted octanol–water partition coefficient (Wildman–Crippen LogP) is 8.64. The Kier molecular flexibility index (Phi) is 11.8. The summed E-state index contributed by atoms with van der Waals surface area (Å²) in [5.41, 5.74) is 4.98. The van der Waals surface area contributed by atoms with Gasteiger partial charge in [-0.05, 0) is 66.1 Å². The Labute approximate surface area is 188 Å². The van der Waals surface area contributed by atoms with Crippen molar-refractivity contribution in [1.82, 2.24) is 0 Å². The molecule has 2 rings (SSSR count). The van der Waals surface area contributed by atoms with Gasteiger partial charge < -0.3 is 5.11 Å². The molecule has 159 valence electrons. The van der Waals surface area contributed by atoms with E-state index in [1.54, 1.807) is 6.07 Å². The van der Waals surface area contributed by atoms with Crippen LogP contribution in [0.2, 0.25) is 6.04 Å². The summed E-state index contributed by atoms with van der Waals surface area (Å²) in [5.74, 6) is 0.317. The normalized spacial score (nSPS) is 11.3. The minimum absolute atomic E-state index is 0.317. The zero-order chi connectivity index (χ0) is 20.9. The first kappa shape index (κ1) is 24.3. The van der Waals surface area contributed by atoms with E-state index in [0.29, 0.717) is 5.75 Å². The van der Waals surface area contributed by atoms with Gasteiger partial charge >= 0.3 is 0 Å². The maximum absolute atomic E-state index is 9.89. The summed E-state index contributed by atoms with van der Waals surface area (Å²) < 4.78 is 0. The van der Waals surface area contributed by atoms with Gasteiger partial charge in [-0.3, -0.25) is 0 Å². The Balaban J connectivity index is 1.84. The van der Waals surface area contributed by atoms with E-state index in [1.165, 1.54) is 68.1 Å². The van der Waals surface area contributed by atoms with Crippen molar-refractivity contribution in [1.29, 1.82) is 0 Å². The molecule has 2 aromatic carbocycles. The zero-order valence-electron chi connectivity index (χ0n) is 17.7. The molecule has 29 heavy (non-hydrogen) atoms. The highest BCUT2D eigenvalue weighted by molar-refractivity contribution is 7.33. The number of phenolic OH excluding ortho intramolecular Hbond substituents is 1. The molecule has 0 aliphatic carbocycles. The van der Waals surface area contributed by atoms with Crippen LogP contribution in [0.1, 0.15) is 75.8 Å². The number of hydrogen-bond acceptors (Lipinski definition) is 1. The van der Waals surface area contributed by atoms with Gasteiger partial charge in [0, 0.05) is 0 Å². The third kappa shape index (κ3) is 9.59. The van der Waals surface area contributed by atoms with Gasteiger partial charge in [0.25, 0.3) is 7.42 Å². The standard InChI is InChI=1S/C25H35Cl2OSi/c1-2-3-4-5-6-7-8-9-11-21-13-15-22(16-14-21)25-18-17-24(28)20-23(25)12-10-19-29(26)27/h13-18,20,28H,2-12,19H2,1H3. The molecule has 0 saturated heterocycles. The Morgan fingerprint density at radius 2 is 1.41 bits per heavy atom. The molecule has 1 nitrogen and oxygen atoms in total. The average molecular weight is 451 g/mol. The summed E-state index contributed by atoms with van der Waals surface area (Å²) in [7, 11) is -1.23. The minimum atomic E-state index is -1.23. The lowest BCUT2D eigenvalue weighted by molar-refractivity contribution is 0.474. The summed E-state index contributed by atoms with van der Waals surface area (Å²) >= 11 is 11.9. The fourth-order valence-corrected chi connectivity index (χ4v) is 5.04. The van der Waals surface area contributed by atoms with Crippen LogP contribution in [-0.4, -0.2) is 12.5 Å². The molecule has 0 bridgehead atoms. The van der Waals surface area contributed by atoms with Gasteiger partial charge in [-0.15, -0.1) is 22.2 Å². The second kappa shape index (κ2) is 14.1. The largest absolute Gasteiger partial charge is 0.508 e. The molecule has 0 saturated carbocycles. The molecule has 0 atom stereocenters. The van der Waals surface area contributed by atoms with Crippen LogP contribution in [0, 0.1) is 0 Å². The first-order chi connectivity index (χ1) is 14.1. The molecular formula is C25H35Cl2OSi. The number of phenols is 1. The average Bonchev–Trinajstić information content (AvgIpc) is 2.70. The molecule has 0 aliphatic rings. The number of unbranched alkanes of at least 4 members (excludes halogenated alkanes) is 7. The Morgan fingerprint density at radius 1 is 0.759 bits per heavy atom. The van der Waals surface area contributed by atoms with Crippen molar-refractivity contribution in [3.8, 4) is 16.9 Å². The molecular weight excluding hydrogens is 415 g/mol. The van der Waals surface area contributed by atoms with Crippen molar-refractivity contribution in [2.45, 2.75) is 83.6 Å². The van der Waals surface area contributed by atoms with E-state index in [-0.39, 0.29) is 0 Å².